The van der Waals surface area contributed by atoms with Crippen molar-refractivity contribution < 1.29 is 15.0 Å². The monoisotopic (exact) mass is 421 g/mol. The van der Waals surface area contributed by atoms with Gasteiger partial charge >= 0.3 is 0 Å². The standard InChI is InChI=1S/C23H27N5O3/c1-13-9-17(14-5-3-2-4-6-14)28(11-13)23(31)20-19-16(10-24-20)25-12-26-22(19)27-15-7-8-18(29)21(15)30/h2-6,12-13,15,17-18,21,29-30H,7-11H2,1H3,(H,25,26,27)/t13-,15+,17+,18+,21-/m0/s1. The van der Waals surface area contributed by atoms with E-state index in [0.29, 0.717) is 54.6 Å². The van der Waals surface area contributed by atoms with Crippen molar-refractivity contribution in [2.75, 3.05) is 11.9 Å². The number of aromatic nitrogens is 2. The Hall–Kier alpha value is -2.84. The molecule has 162 valence electrons. The maximum atomic E-state index is 13.7. The number of anilines is 1. The molecule has 2 aromatic rings. The van der Waals surface area contributed by atoms with E-state index in [1.807, 2.05) is 23.1 Å². The molecular weight excluding hydrogens is 394 g/mol. The summed E-state index contributed by atoms with van der Waals surface area (Å²) in [6, 6.07) is 9.81. The summed E-state index contributed by atoms with van der Waals surface area (Å²) in [5.74, 6) is 0.786. The van der Waals surface area contributed by atoms with E-state index in [4.69, 9.17) is 0 Å². The summed E-state index contributed by atoms with van der Waals surface area (Å²) in [7, 11) is 0. The lowest BCUT2D eigenvalue weighted by atomic mass is 10.0. The van der Waals surface area contributed by atoms with Gasteiger partial charge in [0.15, 0.2) is 0 Å². The van der Waals surface area contributed by atoms with Gasteiger partial charge in [0.2, 0.25) is 0 Å². The van der Waals surface area contributed by atoms with E-state index in [1.54, 1.807) is 0 Å². The smallest absolute Gasteiger partial charge is 0.273 e. The first kappa shape index (κ1) is 20.1. The Bertz CT molecular complexity index is 1010. The second kappa shape index (κ2) is 8.01. The summed E-state index contributed by atoms with van der Waals surface area (Å²) >= 11 is 0. The van der Waals surface area contributed by atoms with Gasteiger partial charge in [-0.15, -0.1) is 0 Å². The van der Waals surface area contributed by atoms with Crippen LogP contribution in [0.3, 0.4) is 0 Å². The molecular formula is C23H27N5O3. The number of carbonyl (C=O) groups excluding carboxylic acids is 1. The predicted molar refractivity (Wildman–Crippen MR) is 116 cm³/mol. The first-order valence-corrected chi connectivity index (χ1v) is 10.9. The molecule has 2 aliphatic heterocycles. The molecule has 3 N–H and O–H groups in total. The number of aliphatic imine (C=N–C) groups is 1. The topological polar surface area (TPSA) is 111 Å². The number of hydrogen-bond donors (Lipinski definition) is 3. The van der Waals surface area contributed by atoms with Crippen LogP contribution < -0.4 is 5.32 Å². The van der Waals surface area contributed by atoms with Crippen molar-refractivity contribution in [2.45, 2.75) is 57.0 Å². The summed E-state index contributed by atoms with van der Waals surface area (Å²) in [6.07, 6.45) is 1.90. The molecule has 1 aromatic carbocycles. The van der Waals surface area contributed by atoms with Crippen molar-refractivity contribution in [1.29, 1.82) is 0 Å². The Morgan fingerprint density at radius 3 is 2.71 bits per heavy atom. The van der Waals surface area contributed by atoms with Crippen molar-refractivity contribution in [3.63, 3.8) is 0 Å². The van der Waals surface area contributed by atoms with Gasteiger partial charge in [-0.1, -0.05) is 37.3 Å². The van der Waals surface area contributed by atoms with E-state index < -0.39 is 12.2 Å². The number of rotatable bonds is 4. The Kier molecular flexibility index (Phi) is 5.19. The molecule has 5 atom stereocenters. The fraction of sp³-hybridized carbons (Fsp3) is 0.478. The van der Waals surface area contributed by atoms with E-state index in [-0.39, 0.29) is 18.0 Å². The molecule has 8 heteroatoms. The van der Waals surface area contributed by atoms with Gasteiger partial charge in [-0.05, 0) is 30.7 Å². The maximum Gasteiger partial charge on any atom is 0.273 e. The second-order valence-electron chi connectivity index (χ2n) is 8.82. The van der Waals surface area contributed by atoms with Crippen LogP contribution in [0.2, 0.25) is 0 Å². The molecule has 2 fully saturated rings. The van der Waals surface area contributed by atoms with Gasteiger partial charge in [-0.2, -0.15) is 0 Å². The Balaban J connectivity index is 1.44. The third-order valence-corrected chi connectivity index (χ3v) is 6.61. The fourth-order valence-electron chi connectivity index (χ4n) is 5.00. The lowest BCUT2D eigenvalue weighted by Crippen LogP contribution is -2.38. The number of aliphatic hydroxyl groups excluding tert-OH is 2. The first-order chi connectivity index (χ1) is 15.0. The maximum absolute atomic E-state index is 13.7. The average Bonchev–Trinajstić information content (AvgIpc) is 3.48. The van der Waals surface area contributed by atoms with E-state index in [1.165, 1.54) is 6.33 Å². The zero-order valence-corrected chi connectivity index (χ0v) is 17.5. The molecule has 1 aliphatic carbocycles. The van der Waals surface area contributed by atoms with Gasteiger partial charge in [0.1, 0.15) is 17.9 Å². The number of amides is 1. The number of carbonyl (C=O) groups is 1. The quantitative estimate of drug-likeness (QED) is 0.693. The third kappa shape index (κ3) is 3.59. The van der Waals surface area contributed by atoms with Crippen molar-refractivity contribution >= 4 is 17.4 Å². The largest absolute Gasteiger partial charge is 0.390 e. The highest BCUT2D eigenvalue weighted by Crippen LogP contribution is 2.37. The van der Waals surface area contributed by atoms with Gasteiger partial charge < -0.3 is 20.4 Å². The van der Waals surface area contributed by atoms with Crippen molar-refractivity contribution in [1.82, 2.24) is 14.9 Å². The molecule has 1 amide bonds. The van der Waals surface area contributed by atoms with Crippen LogP contribution in [0.5, 0.6) is 0 Å². The summed E-state index contributed by atoms with van der Waals surface area (Å²) in [4.78, 5) is 28.8. The van der Waals surface area contributed by atoms with Crippen LogP contribution in [-0.2, 0) is 11.3 Å². The Morgan fingerprint density at radius 1 is 1.16 bits per heavy atom. The molecule has 1 saturated carbocycles. The highest BCUT2D eigenvalue weighted by molar-refractivity contribution is 6.47. The number of hydrogen-bond acceptors (Lipinski definition) is 7. The summed E-state index contributed by atoms with van der Waals surface area (Å²) in [6.45, 7) is 3.18. The minimum atomic E-state index is -0.870. The van der Waals surface area contributed by atoms with E-state index >= 15 is 0 Å². The predicted octanol–water partition coefficient (Wildman–Crippen LogP) is 1.69. The summed E-state index contributed by atoms with van der Waals surface area (Å²) in [5.41, 5.74) is 2.83. The molecule has 3 heterocycles. The SMILES string of the molecule is C[C@H]1C[C@H](c2ccccc2)N(C(=O)C2=NCc3ncnc(N[C@@H]4CC[C@@H](O)[C@H]4O)c32)C1. The number of aliphatic hydroxyl groups is 2. The zero-order valence-electron chi connectivity index (χ0n) is 17.5. The molecule has 0 radical (unpaired) electrons. The van der Waals surface area contributed by atoms with Crippen molar-refractivity contribution in [2.24, 2.45) is 10.9 Å². The van der Waals surface area contributed by atoms with Crippen LogP contribution in [0.15, 0.2) is 41.7 Å². The molecule has 8 nitrogen and oxygen atoms in total. The molecule has 1 aromatic heterocycles. The lowest BCUT2D eigenvalue weighted by Gasteiger charge is -2.26. The first-order valence-electron chi connectivity index (χ1n) is 10.9. The molecule has 31 heavy (non-hydrogen) atoms. The third-order valence-electron chi connectivity index (χ3n) is 6.61. The van der Waals surface area contributed by atoms with Gasteiger partial charge in [-0.3, -0.25) is 9.79 Å². The van der Waals surface area contributed by atoms with Crippen molar-refractivity contribution in [3.05, 3.63) is 53.5 Å². The minimum absolute atomic E-state index is 0.0169. The lowest BCUT2D eigenvalue weighted by molar-refractivity contribution is -0.125. The number of likely N-dealkylation sites (tertiary alicyclic amines) is 1. The van der Waals surface area contributed by atoms with Gasteiger partial charge in [-0.25, -0.2) is 9.97 Å². The molecule has 0 spiro atoms. The molecule has 5 rings (SSSR count). The van der Waals surface area contributed by atoms with Crippen LogP contribution in [0, 0.1) is 5.92 Å². The van der Waals surface area contributed by atoms with Crippen LogP contribution >= 0.6 is 0 Å². The Morgan fingerprint density at radius 2 is 1.97 bits per heavy atom. The Labute approximate surface area is 181 Å². The fourth-order valence-corrected chi connectivity index (χ4v) is 5.00. The highest BCUT2D eigenvalue weighted by Gasteiger charge is 2.40. The number of nitrogens with one attached hydrogen (secondary N) is 1. The zero-order chi connectivity index (χ0) is 21.5. The number of benzene rings is 1. The van der Waals surface area contributed by atoms with Crippen LogP contribution in [0.25, 0.3) is 0 Å². The van der Waals surface area contributed by atoms with E-state index in [2.05, 4.69) is 39.3 Å². The molecule has 0 unspecified atom stereocenters. The van der Waals surface area contributed by atoms with Crippen LogP contribution in [0.1, 0.15) is 49.0 Å². The number of fused-ring (bicyclic) bond motifs is 1. The van der Waals surface area contributed by atoms with Crippen LogP contribution in [-0.4, -0.2) is 61.5 Å². The van der Waals surface area contributed by atoms with Gasteiger partial charge in [0.25, 0.3) is 5.91 Å². The van der Waals surface area contributed by atoms with Crippen LogP contribution in [0.4, 0.5) is 5.82 Å². The van der Waals surface area contributed by atoms with Gasteiger partial charge in [0, 0.05) is 6.54 Å². The summed E-state index contributed by atoms with van der Waals surface area (Å²) < 4.78 is 0. The molecule has 1 saturated heterocycles. The number of nitrogens with zero attached hydrogens (tertiary/aromatic N) is 4. The second-order valence-corrected chi connectivity index (χ2v) is 8.82. The minimum Gasteiger partial charge on any atom is -0.390 e. The summed E-state index contributed by atoms with van der Waals surface area (Å²) in [5, 5.41) is 23.4. The van der Waals surface area contributed by atoms with Crippen molar-refractivity contribution in [3.8, 4) is 0 Å². The normalized spacial score (nSPS) is 29.7. The average molecular weight is 422 g/mol. The molecule has 3 aliphatic rings. The highest BCUT2D eigenvalue weighted by atomic mass is 16.3. The molecule has 0 bridgehead atoms. The van der Waals surface area contributed by atoms with Gasteiger partial charge in [0.05, 0.1) is 42.1 Å². The van der Waals surface area contributed by atoms with E-state index in [9.17, 15) is 15.0 Å². The van der Waals surface area contributed by atoms with E-state index in [0.717, 1.165) is 12.0 Å².